The molecule has 17 heteroatoms. The Hall–Kier alpha value is -4.24. The van der Waals surface area contributed by atoms with Crippen molar-refractivity contribution >= 4 is 42.8 Å². The number of ether oxygens (including phenoxy) is 4. The van der Waals surface area contributed by atoms with Crippen molar-refractivity contribution in [2.24, 2.45) is 0 Å². The number of nitrogens with zero attached hydrogens (tertiary/aromatic N) is 4. The molecule has 4 rings (SSSR count). The summed E-state index contributed by atoms with van der Waals surface area (Å²) in [7, 11) is -15.3. The van der Waals surface area contributed by atoms with Gasteiger partial charge in [-0.2, -0.15) is 4.98 Å². The molecule has 1 amide bonds. The number of nitrogens with one attached hydrogen (secondary N) is 2. The second-order valence-electron chi connectivity index (χ2n) is 7.38. The number of halogens is 1. The number of pyridine rings is 1. The Labute approximate surface area is 251 Å². The van der Waals surface area contributed by atoms with Crippen LogP contribution in [0.5, 0.6) is 23.0 Å². The average molecular weight is 598 g/mol. The summed E-state index contributed by atoms with van der Waals surface area (Å²) in [5, 5.41) is 4.62. The van der Waals surface area contributed by atoms with Gasteiger partial charge in [0.25, 0.3) is 5.91 Å². The van der Waals surface area contributed by atoms with E-state index in [1.165, 1.54) is 0 Å². The number of benzene rings is 1. The lowest BCUT2D eigenvalue weighted by Gasteiger charge is -2.37. The molecule has 0 radical (unpaired) electrons. The van der Waals surface area contributed by atoms with Gasteiger partial charge >= 0.3 is 7.82 Å². The van der Waals surface area contributed by atoms with Crippen molar-refractivity contribution in [2.45, 2.75) is 19.3 Å². The van der Waals surface area contributed by atoms with E-state index in [2.05, 4.69) is 30.1 Å². The lowest BCUT2D eigenvalue weighted by molar-refractivity contribution is -0.133. The van der Waals surface area contributed by atoms with Crippen LogP contribution in [0, 0.1) is 5.82 Å². The van der Waals surface area contributed by atoms with E-state index in [0.717, 1.165) is 12.1 Å². The van der Waals surface area contributed by atoms with Crippen molar-refractivity contribution in [3.63, 3.8) is 0 Å². The summed E-state index contributed by atoms with van der Waals surface area (Å²) in [6.07, 6.45) is 0.501. The van der Waals surface area contributed by atoms with Crippen LogP contribution in [0.3, 0.4) is 0 Å². The molecule has 0 fully saturated rings. The van der Waals surface area contributed by atoms with Crippen molar-refractivity contribution in [3.05, 3.63) is 36.2 Å². The molecule has 0 spiro atoms. The fourth-order valence-electron chi connectivity index (χ4n) is 3.06. The third-order valence-corrected chi connectivity index (χ3v) is 5.16. The number of hydrogen-bond donors (Lipinski definition) is 4. The molecular formula is C23H26FN6O9P. The summed E-state index contributed by atoms with van der Waals surface area (Å²) in [5.74, 6) is -10.6. The highest BCUT2D eigenvalue weighted by atomic mass is 31.2. The molecule has 0 bridgehead atoms. The zero-order chi connectivity index (χ0) is 43.5. The molecule has 214 valence electrons. The largest absolute Gasteiger partial charge is 0.493 e. The van der Waals surface area contributed by atoms with Crippen LogP contribution in [0.4, 0.5) is 33.5 Å². The first-order valence-electron chi connectivity index (χ1n) is 18.7. The molecule has 1 aromatic carbocycles. The number of phosphoric acid groups is 1. The SMILES string of the molecule is [2H]c1c(Nc2nc(Nc3cc(OC([2H])([2H])[2H])c(OC([2H])([2H])[2H])c(OC([2H])([2H])[2H])c3)ncc2F)nc2c(c1[2H])OC(C([2H])([2H])[2H])(C([2H])([2H])[2H])C(=O)N2COP(=O)(O)O. The predicted molar refractivity (Wildman–Crippen MR) is 139 cm³/mol. The zero-order valence-corrected chi connectivity index (χ0v) is 20.2. The van der Waals surface area contributed by atoms with E-state index in [4.69, 9.17) is 42.3 Å². The molecule has 40 heavy (non-hydrogen) atoms. The summed E-state index contributed by atoms with van der Waals surface area (Å²) in [6.45, 7) is -9.29. The van der Waals surface area contributed by atoms with Gasteiger partial charge in [0.1, 0.15) is 12.5 Å². The minimum atomic E-state index is -5.48. The molecule has 0 aliphatic carbocycles. The number of amides is 1. The first-order chi connectivity index (χ1) is 25.6. The second-order valence-corrected chi connectivity index (χ2v) is 8.62. The van der Waals surface area contributed by atoms with E-state index in [0.29, 0.717) is 6.20 Å². The Morgan fingerprint density at radius 2 is 1.88 bits per heavy atom. The van der Waals surface area contributed by atoms with Gasteiger partial charge in [0.2, 0.25) is 11.7 Å². The minimum absolute atomic E-state index is 0.0140. The lowest BCUT2D eigenvalue weighted by Crippen LogP contribution is -2.53. The van der Waals surface area contributed by atoms with Gasteiger partial charge < -0.3 is 39.4 Å². The quantitative estimate of drug-likeness (QED) is 0.250. The van der Waals surface area contributed by atoms with Gasteiger partial charge in [0.15, 0.2) is 40.3 Å². The van der Waals surface area contributed by atoms with Gasteiger partial charge in [0.05, 0.1) is 42.4 Å². The molecule has 15 nitrogen and oxygen atoms in total. The maximum absolute atomic E-state index is 15.1. The Morgan fingerprint density at radius 1 is 1.15 bits per heavy atom. The van der Waals surface area contributed by atoms with E-state index in [1.54, 1.807) is 0 Å². The fourth-order valence-corrected chi connectivity index (χ4v) is 3.33. The van der Waals surface area contributed by atoms with Crippen LogP contribution in [0.15, 0.2) is 30.4 Å². The highest BCUT2D eigenvalue weighted by Crippen LogP contribution is 2.42. The Morgan fingerprint density at radius 3 is 2.52 bits per heavy atom. The number of phosphoric ester groups is 1. The molecular weight excluding hydrogens is 554 g/mol. The maximum atomic E-state index is 15.1. The van der Waals surface area contributed by atoms with E-state index in [-0.39, 0.29) is 10.6 Å². The number of rotatable bonds is 10. The topological polar surface area (TPSA) is 187 Å². The summed E-state index contributed by atoms with van der Waals surface area (Å²) in [4.78, 5) is 43.5. The lowest BCUT2D eigenvalue weighted by atomic mass is 10.1. The smallest absolute Gasteiger partial charge is 0.471 e. The molecule has 0 saturated carbocycles. The maximum Gasteiger partial charge on any atom is 0.471 e. The second kappa shape index (κ2) is 11.1. The van der Waals surface area contributed by atoms with Crippen LogP contribution >= 0.6 is 7.82 Å². The Balaban J connectivity index is 1.83. The predicted octanol–water partition coefficient (Wildman–Crippen LogP) is 3.09. The number of hydrogen-bond acceptors (Lipinski definition) is 12. The van der Waals surface area contributed by atoms with E-state index < -0.39 is 125 Å². The standard InChI is InChI=1S/C23H26FN6O9P/c1-23(2)21(31)30(11-38-40(32,33)34)20-14(39-23)6-7-17(28-20)27-19-13(24)10-25-22(29-19)26-12-8-15(35-3)18(37-5)16(9-12)36-4/h6-10H,11H2,1-5H3,(H2,32,33,34)(H2,25,26,27,28,29)/i1D3,2D3,3D3,4D3,5D3,6D,7D. The first kappa shape index (κ1) is 13.9. The van der Waals surface area contributed by atoms with Crippen molar-refractivity contribution in [3.8, 4) is 23.0 Å². The normalized spacial score (nSPS) is 22.0. The highest BCUT2D eigenvalue weighted by Gasteiger charge is 2.42. The van der Waals surface area contributed by atoms with Gasteiger partial charge in [-0.05, 0) is 25.8 Å². The summed E-state index contributed by atoms with van der Waals surface area (Å²) in [5.41, 5.74) is -4.20. The van der Waals surface area contributed by atoms with Crippen LogP contribution < -0.4 is 34.5 Å². The fraction of sp³-hybridized carbons (Fsp3) is 0.304. The third kappa shape index (κ3) is 6.15. The van der Waals surface area contributed by atoms with Gasteiger partial charge in [-0.1, -0.05) is 0 Å². The van der Waals surface area contributed by atoms with E-state index >= 15 is 4.39 Å². The summed E-state index contributed by atoms with van der Waals surface area (Å²) >= 11 is 0. The van der Waals surface area contributed by atoms with E-state index in [1.807, 2.05) is 0 Å². The van der Waals surface area contributed by atoms with Crippen LogP contribution in [0.1, 0.15) is 37.0 Å². The number of fused-ring (bicyclic) bond motifs is 1. The average Bonchev–Trinajstić information content (AvgIpc) is 2.98. The Kier molecular flexibility index (Phi) is 3.85. The van der Waals surface area contributed by atoms with Crippen LogP contribution in [-0.4, -0.2) is 64.1 Å². The molecule has 0 saturated heterocycles. The van der Waals surface area contributed by atoms with Crippen LogP contribution in [0.25, 0.3) is 0 Å². The van der Waals surface area contributed by atoms with Crippen LogP contribution in [-0.2, 0) is 13.9 Å². The molecule has 3 heterocycles. The highest BCUT2D eigenvalue weighted by molar-refractivity contribution is 7.46. The molecule has 4 N–H and O–H groups in total. The molecule has 0 atom stereocenters. The van der Waals surface area contributed by atoms with Gasteiger partial charge in [-0.15, -0.1) is 0 Å². The number of carbonyl (C=O) groups is 1. The first-order valence-corrected chi connectivity index (χ1v) is 11.7. The molecule has 3 aromatic rings. The Bertz CT molecular complexity index is 2040. The number of anilines is 5. The van der Waals surface area contributed by atoms with Gasteiger partial charge in [0, 0.05) is 26.0 Å². The van der Waals surface area contributed by atoms with Crippen molar-refractivity contribution < 1.29 is 70.3 Å². The van der Waals surface area contributed by atoms with Gasteiger partial charge in [-0.25, -0.2) is 18.9 Å². The van der Waals surface area contributed by atoms with Crippen molar-refractivity contribution in [1.82, 2.24) is 15.0 Å². The number of carbonyl (C=O) groups excluding carboxylic acids is 1. The van der Waals surface area contributed by atoms with Crippen molar-refractivity contribution in [1.29, 1.82) is 0 Å². The summed E-state index contributed by atoms with van der Waals surface area (Å²) < 4.78 is 181. The number of methoxy groups -OCH3 is 3. The zero-order valence-electron chi connectivity index (χ0n) is 36.3. The molecule has 1 aliphatic rings. The van der Waals surface area contributed by atoms with Gasteiger partial charge in [-0.3, -0.25) is 14.2 Å². The third-order valence-electron chi connectivity index (χ3n) is 4.71. The number of aromatic nitrogens is 3. The van der Waals surface area contributed by atoms with E-state index in [9.17, 15) is 19.1 Å². The molecule has 2 aromatic heterocycles. The molecule has 1 aliphatic heterocycles. The molecule has 0 unspecified atom stereocenters. The monoisotopic (exact) mass is 597 g/mol. The van der Waals surface area contributed by atoms with Crippen LogP contribution in [0.2, 0.25) is 0 Å². The summed E-state index contributed by atoms with van der Waals surface area (Å²) in [6, 6.07) is -0.657. The minimum Gasteiger partial charge on any atom is -0.493 e. The van der Waals surface area contributed by atoms with Crippen molar-refractivity contribution in [2.75, 3.05) is 43.4 Å².